The summed E-state index contributed by atoms with van der Waals surface area (Å²) in [5.74, 6) is -1.61. The number of carbonyl (C=O) groups excluding carboxylic acids is 4. The fraction of sp³-hybridized carbons (Fsp3) is 0.364. The maximum absolute atomic E-state index is 13.4. The number of hydrogen-bond acceptors (Lipinski definition) is 8. The van der Waals surface area contributed by atoms with Gasteiger partial charge in [-0.05, 0) is 84.0 Å². The SMILES string of the molecule is CCc1c(Cc2[nH]c(C(=O)OCc3ccccc3)c(C)c2CCC(=O)OC)[nH]c(Cc2[nH]c(C(=O)OCc3ccccc3)c(C)c2CCC(=O)OC)c1CC. The van der Waals surface area contributed by atoms with Crippen molar-refractivity contribution in [2.45, 2.75) is 92.3 Å². The molecule has 0 aliphatic rings. The predicted molar refractivity (Wildman–Crippen MR) is 208 cm³/mol. The second kappa shape index (κ2) is 19.0. The van der Waals surface area contributed by atoms with Crippen molar-refractivity contribution in [1.82, 2.24) is 15.0 Å². The van der Waals surface area contributed by atoms with Crippen LogP contribution in [0.2, 0.25) is 0 Å². The number of benzene rings is 2. The van der Waals surface area contributed by atoms with Gasteiger partial charge in [0.25, 0.3) is 0 Å². The van der Waals surface area contributed by atoms with Crippen LogP contribution in [0.3, 0.4) is 0 Å². The van der Waals surface area contributed by atoms with Crippen molar-refractivity contribution in [2.75, 3.05) is 14.2 Å². The van der Waals surface area contributed by atoms with Gasteiger partial charge in [-0.2, -0.15) is 0 Å². The number of carbonyl (C=O) groups is 4. The molecule has 3 N–H and O–H groups in total. The molecule has 2 aromatic carbocycles. The Bertz CT molecular complexity index is 1960. The molecule has 0 radical (unpaired) electrons. The molecule has 0 spiro atoms. The average molecular weight is 750 g/mol. The van der Waals surface area contributed by atoms with E-state index in [-0.39, 0.29) is 38.0 Å². The van der Waals surface area contributed by atoms with Crippen LogP contribution in [0.1, 0.15) is 115 Å². The largest absolute Gasteiger partial charge is 0.469 e. The lowest BCUT2D eigenvalue weighted by molar-refractivity contribution is -0.141. The Labute approximate surface area is 322 Å². The molecular weight excluding hydrogens is 698 g/mol. The van der Waals surface area contributed by atoms with Gasteiger partial charge in [-0.15, -0.1) is 0 Å². The number of aromatic nitrogens is 3. The lowest BCUT2D eigenvalue weighted by atomic mass is 9.97. The van der Waals surface area contributed by atoms with Crippen LogP contribution >= 0.6 is 0 Å². The van der Waals surface area contributed by atoms with Crippen molar-refractivity contribution in [3.05, 3.63) is 139 Å². The molecule has 0 fully saturated rings. The molecule has 0 bridgehead atoms. The molecule has 5 aromatic rings. The minimum Gasteiger partial charge on any atom is -0.469 e. The Morgan fingerprint density at radius 1 is 0.527 bits per heavy atom. The van der Waals surface area contributed by atoms with Crippen molar-refractivity contribution in [3.63, 3.8) is 0 Å². The van der Waals surface area contributed by atoms with Gasteiger partial charge < -0.3 is 33.9 Å². The third-order valence-corrected chi connectivity index (χ3v) is 10.2. The van der Waals surface area contributed by atoms with E-state index in [9.17, 15) is 19.2 Å². The molecule has 0 aliphatic heterocycles. The number of esters is 4. The van der Waals surface area contributed by atoms with Gasteiger partial charge in [0.2, 0.25) is 0 Å². The Morgan fingerprint density at radius 3 is 1.24 bits per heavy atom. The fourth-order valence-corrected chi connectivity index (χ4v) is 7.24. The monoisotopic (exact) mass is 749 g/mol. The van der Waals surface area contributed by atoms with Gasteiger partial charge in [0.1, 0.15) is 24.6 Å². The Morgan fingerprint density at radius 2 is 0.891 bits per heavy atom. The summed E-state index contributed by atoms with van der Waals surface area (Å²) in [6.07, 6.45) is 3.52. The third kappa shape index (κ3) is 9.83. The standard InChI is InChI=1S/C44H51N3O8/c1-7-31-32(8-2)36(24-38-34(20-22-40(49)53-6)28(4)42(47-38)44(51)55-26-30-17-13-10-14-18-30)45-35(31)23-37-33(19-21-39(48)52-5)27(3)41(46-37)43(50)54-25-29-15-11-9-12-16-29/h9-18,45-47H,7-8,19-26H2,1-6H3. The highest BCUT2D eigenvalue weighted by Crippen LogP contribution is 2.31. The van der Waals surface area contributed by atoms with Crippen LogP contribution in [-0.4, -0.2) is 53.0 Å². The number of methoxy groups -OCH3 is 2. The molecule has 55 heavy (non-hydrogen) atoms. The summed E-state index contributed by atoms with van der Waals surface area (Å²) in [5.41, 5.74) is 11.6. The molecule has 3 heterocycles. The van der Waals surface area contributed by atoms with E-state index in [2.05, 4.69) is 28.8 Å². The number of nitrogens with one attached hydrogen (secondary N) is 3. The quantitative estimate of drug-likeness (QED) is 0.0615. The minimum atomic E-state index is -0.469. The molecule has 290 valence electrons. The molecule has 11 heteroatoms. The number of aromatic amines is 3. The third-order valence-electron chi connectivity index (χ3n) is 10.2. The van der Waals surface area contributed by atoms with Crippen LogP contribution in [0.4, 0.5) is 0 Å². The van der Waals surface area contributed by atoms with Gasteiger partial charge in [0.15, 0.2) is 0 Å². The average Bonchev–Trinajstić information content (AvgIpc) is 3.83. The second-order valence-electron chi connectivity index (χ2n) is 13.5. The van der Waals surface area contributed by atoms with Gasteiger partial charge >= 0.3 is 23.9 Å². The van der Waals surface area contributed by atoms with Crippen LogP contribution < -0.4 is 0 Å². The van der Waals surface area contributed by atoms with Crippen molar-refractivity contribution < 1.29 is 38.1 Å². The summed E-state index contributed by atoms with van der Waals surface area (Å²) in [7, 11) is 2.73. The highest BCUT2D eigenvalue weighted by atomic mass is 16.5. The van der Waals surface area contributed by atoms with Crippen molar-refractivity contribution >= 4 is 23.9 Å². The summed E-state index contributed by atoms with van der Waals surface area (Å²) >= 11 is 0. The van der Waals surface area contributed by atoms with E-state index in [1.807, 2.05) is 74.5 Å². The summed E-state index contributed by atoms with van der Waals surface area (Å²) < 4.78 is 21.3. The Kier molecular flexibility index (Phi) is 13.9. The van der Waals surface area contributed by atoms with E-state index in [1.54, 1.807) is 0 Å². The number of rotatable bonds is 18. The number of H-pyrrole nitrogens is 3. The molecular formula is C44H51N3O8. The molecule has 3 aromatic heterocycles. The smallest absolute Gasteiger partial charge is 0.355 e. The first kappa shape index (κ1) is 40.3. The van der Waals surface area contributed by atoms with E-state index in [1.165, 1.54) is 25.3 Å². The lowest BCUT2D eigenvalue weighted by Crippen LogP contribution is -2.07. The van der Waals surface area contributed by atoms with Crippen LogP contribution in [0, 0.1) is 13.8 Å². The first-order valence-electron chi connectivity index (χ1n) is 18.8. The molecule has 0 atom stereocenters. The van der Waals surface area contributed by atoms with Crippen molar-refractivity contribution in [3.8, 4) is 0 Å². The molecule has 0 amide bonds. The molecule has 0 saturated heterocycles. The fourth-order valence-electron chi connectivity index (χ4n) is 7.24. The summed E-state index contributed by atoms with van der Waals surface area (Å²) in [6, 6.07) is 19.0. The maximum Gasteiger partial charge on any atom is 0.355 e. The highest BCUT2D eigenvalue weighted by Gasteiger charge is 2.26. The second-order valence-corrected chi connectivity index (χ2v) is 13.5. The Balaban J connectivity index is 1.47. The van der Waals surface area contributed by atoms with E-state index in [0.29, 0.717) is 37.1 Å². The van der Waals surface area contributed by atoms with Gasteiger partial charge in [-0.25, -0.2) is 9.59 Å². The van der Waals surface area contributed by atoms with E-state index in [0.717, 1.165) is 69.0 Å². The van der Waals surface area contributed by atoms with Crippen LogP contribution in [-0.2, 0) is 80.3 Å². The molecule has 0 saturated carbocycles. The minimum absolute atomic E-state index is 0.136. The normalized spacial score (nSPS) is 11.0. The highest BCUT2D eigenvalue weighted by molar-refractivity contribution is 5.90. The van der Waals surface area contributed by atoms with Gasteiger partial charge in [-0.3, -0.25) is 9.59 Å². The van der Waals surface area contributed by atoms with Gasteiger partial charge in [0, 0.05) is 48.5 Å². The lowest BCUT2D eigenvalue weighted by Gasteiger charge is -2.07. The van der Waals surface area contributed by atoms with E-state index in [4.69, 9.17) is 18.9 Å². The van der Waals surface area contributed by atoms with Crippen molar-refractivity contribution in [2.24, 2.45) is 0 Å². The molecule has 5 rings (SSSR count). The maximum atomic E-state index is 13.4. The zero-order valence-corrected chi connectivity index (χ0v) is 32.6. The molecule has 0 aliphatic carbocycles. The number of hydrogen-bond donors (Lipinski definition) is 3. The first-order chi connectivity index (χ1) is 26.6. The van der Waals surface area contributed by atoms with E-state index < -0.39 is 11.9 Å². The van der Waals surface area contributed by atoms with Crippen LogP contribution in [0.5, 0.6) is 0 Å². The van der Waals surface area contributed by atoms with E-state index >= 15 is 0 Å². The predicted octanol–water partition coefficient (Wildman–Crippen LogP) is 7.52. The first-order valence-corrected chi connectivity index (χ1v) is 18.8. The zero-order valence-electron chi connectivity index (χ0n) is 32.6. The van der Waals surface area contributed by atoms with Crippen LogP contribution in [0.25, 0.3) is 0 Å². The topological polar surface area (TPSA) is 153 Å². The summed E-state index contributed by atoms with van der Waals surface area (Å²) in [5, 5.41) is 0. The van der Waals surface area contributed by atoms with Crippen LogP contribution in [0.15, 0.2) is 60.7 Å². The summed E-state index contributed by atoms with van der Waals surface area (Å²) in [6.45, 7) is 8.24. The van der Waals surface area contributed by atoms with Gasteiger partial charge in [-0.1, -0.05) is 74.5 Å². The molecule has 11 nitrogen and oxygen atoms in total. The zero-order chi connectivity index (χ0) is 39.5. The van der Waals surface area contributed by atoms with Crippen molar-refractivity contribution in [1.29, 1.82) is 0 Å². The Hall–Kier alpha value is -5.84. The molecule has 0 unspecified atom stereocenters. The number of ether oxygens (including phenoxy) is 4. The van der Waals surface area contributed by atoms with Gasteiger partial charge in [0.05, 0.1) is 14.2 Å². The summed E-state index contributed by atoms with van der Waals surface area (Å²) in [4.78, 5) is 61.7.